The van der Waals surface area contributed by atoms with Crippen LogP contribution >= 0.6 is 11.6 Å². The molecule has 106 valence electrons. The van der Waals surface area contributed by atoms with Gasteiger partial charge in [-0.2, -0.15) is 0 Å². The Morgan fingerprint density at radius 3 is 2.90 bits per heavy atom. The van der Waals surface area contributed by atoms with Crippen LogP contribution in [0.2, 0.25) is 5.02 Å². The lowest BCUT2D eigenvalue weighted by molar-refractivity contribution is -0.128. The van der Waals surface area contributed by atoms with Crippen LogP contribution in [0.25, 0.3) is 0 Å². The summed E-state index contributed by atoms with van der Waals surface area (Å²) in [5, 5.41) is 3.58. The number of amides is 2. The number of benzene rings is 1. The molecule has 20 heavy (non-hydrogen) atoms. The van der Waals surface area contributed by atoms with Gasteiger partial charge in [0.2, 0.25) is 11.8 Å². The van der Waals surface area contributed by atoms with Gasteiger partial charge in [-0.1, -0.05) is 23.7 Å². The van der Waals surface area contributed by atoms with Crippen LogP contribution < -0.4 is 5.32 Å². The largest absolute Gasteiger partial charge is 0.351 e. The smallest absolute Gasteiger partial charge is 0.225 e. The first-order valence-corrected chi connectivity index (χ1v) is 7.33. The average molecular weight is 293 g/mol. The van der Waals surface area contributed by atoms with Gasteiger partial charge < -0.3 is 10.2 Å². The number of rotatable bonds is 4. The van der Waals surface area contributed by atoms with Crippen molar-refractivity contribution in [3.8, 4) is 0 Å². The van der Waals surface area contributed by atoms with Crippen molar-refractivity contribution in [1.29, 1.82) is 0 Å². The number of nitrogens with zero attached hydrogens (tertiary/aromatic N) is 1. The zero-order valence-electron chi connectivity index (χ0n) is 11.1. The molecule has 1 heterocycles. The predicted molar refractivity (Wildman–Crippen MR) is 76.4 cm³/mol. The van der Waals surface area contributed by atoms with Crippen molar-refractivity contribution in [3.63, 3.8) is 0 Å². The minimum absolute atomic E-state index is 0.0465. The molecule has 0 radical (unpaired) electrons. The molecule has 2 aliphatic rings. The maximum atomic E-state index is 12.0. The highest BCUT2D eigenvalue weighted by atomic mass is 35.5. The molecule has 1 aliphatic heterocycles. The Balaban J connectivity index is 1.53. The Morgan fingerprint density at radius 2 is 2.20 bits per heavy atom. The van der Waals surface area contributed by atoms with Gasteiger partial charge in [0.05, 0.1) is 12.5 Å². The van der Waals surface area contributed by atoms with Crippen LogP contribution in [0.4, 0.5) is 0 Å². The highest BCUT2D eigenvalue weighted by Crippen LogP contribution is 2.30. The van der Waals surface area contributed by atoms with E-state index in [9.17, 15) is 9.59 Å². The summed E-state index contributed by atoms with van der Waals surface area (Å²) in [5.41, 5.74) is 0.887. The zero-order valence-corrected chi connectivity index (χ0v) is 11.9. The predicted octanol–water partition coefficient (Wildman–Crippen LogP) is 1.76. The number of nitrogens with one attached hydrogen (secondary N) is 1. The van der Waals surface area contributed by atoms with Crippen LogP contribution in [-0.4, -0.2) is 35.3 Å². The summed E-state index contributed by atoms with van der Waals surface area (Å²) < 4.78 is 0. The van der Waals surface area contributed by atoms with Gasteiger partial charge in [0.15, 0.2) is 0 Å². The SMILES string of the molecule is O=C(Cc1cccc(Cl)c1)NC1CC(=O)N(C2CC2)C1. The summed E-state index contributed by atoms with van der Waals surface area (Å²) in [4.78, 5) is 25.7. The second-order valence-corrected chi connectivity index (χ2v) is 5.99. The topological polar surface area (TPSA) is 49.4 Å². The first-order chi connectivity index (χ1) is 9.61. The quantitative estimate of drug-likeness (QED) is 0.919. The first-order valence-electron chi connectivity index (χ1n) is 6.95. The Hall–Kier alpha value is -1.55. The lowest BCUT2D eigenvalue weighted by Gasteiger charge is -2.16. The Bertz CT molecular complexity index is 542. The highest BCUT2D eigenvalue weighted by Gasteiger charge is 2.39. The van der Waals surface area contributed by atoms with Gasteiger partial charge in [-0.25, -0.2) is 0 Å². The van der Waals surface area contributed by atoms with Gasteiger partial charge in [-0.05, 0) is 30.5 Å². The van der Waals surface area contributed by atoms with Crippen molar-refractivity contribution in [2.24, 2.45) is 0 Å². The molecule has 1 unspecified atom stereocenters. The molecule has 1 saturated heterocycles. The van der Waals surface area contributed by atoms with Crippen LogP contribution in [0, 0.1) is 0 Å². The number of halogens is 1. The molecule has 5 heteroatoms. The zero-order chi connectivity index (χ0) is 14.1. The van der Waals surface area contributed by atoms with Gasteiger partial charge in [0.1, 0.15) is 0 Å². The van der Waals surface area contributed by atoms with E-state index in [0.717, 1.165) is 18.4 Å². The lowest BCUT2D eigenvalue weighted by atomic mass is 10.1. The molecule has 1 saturated carbocycles. The van der Waals surface area contributed by atoms with E-state index in [-0.39, 0.29) is 17.9 Å². The van der Waals surface area contributed by atoms with Crippen molar-refractivity contribution >= 4 is 23.4 Å². The third-order valence-corrected chi connectivity index (χ3v) is 4.00. The van der Waals surface area contributed by atoms with E-state index in [1.807, 2.05) is 17.0 Å². The molecule has 2 fully saturated rings. The van der Waals surface area contributed by atoms with Crippen molar-refractivity contribution in [2.75, 3.05) is 6.54 Å². The fraction of sp³-hybridized carbons (Fsp3) is 0.467. The fourth-order valence-electron chi connectivity index (χ4n) is 2.68. The summed E-state index contributed by atoms with van der Waals surface area (Å²) in [7, 11) is 0. The van der Waals surface area contributed by atoms with Crippen molar-refractivity contribution in [3.05, 3.63) is 34.9 Å². The van der Waals surface area contributed by atoms with Gasteiger partial charge in [-0.3, -0.25) is 9.59 Å². The molecule has 0 aromatic heterocycles. The second kappa shape index (κ2) is 5.44. The van der Waals surface area contributed by atoms with E-state index in [4.69, 9.17) is 11.6 Å². The number of carbonyl (C=O) groups is 2. The fourth-order valence-corrected chi connectivity index (χ4v) is 2.89. The maximum Gasteiger partial charge on any atom is 0.225 e. The highest BCUT2D eigenvalue weighted by molar-refractivity contribution is 6.30. The van der Waals surface area contributed by atoms with Crippen LogP contribution in [0.3, 0.4) is 0 Å². The molecule has 1 atom stereocenters. The second-order valence-electron chi connectivity index (χ2n) is 5.55. The molecule has 1 aromatic rings. The standard InChI is InChI=1S/C15H17ClN2O2/c16-11-3-1-2-10(6-11)7-14(19)17-12-8-15(20)18(9-12)13-4-5-13/h1-3,6,12-13H,4-5,7-9H2,(H,17,19). The summed E-state index contributed by atoms with van der Waals surface area (Å²) in [6, 6.07) is 7.66. The van der Waals surface area contributed by atoms with Crippen molar-refractivity contribution in [1.82, 2.24) is 10.2 Å². The van der Waals surface area contributed by atoms with E-state index in [0.29, 0.717) is 30.5 Å². The summed E-state index contributed by atoms with van der Waals surface area (Å²) in [6.07, 6.45) is 2.94. The Kier molecular flexibility index (Phi) is 3.66. The number of likely N-dealkylation sites (tertiary alicyclic amines) is 1. The van der Waals surface area contributed by atoms with Gasteiger partial charge in [-0.15, -0.1) is 0 Å². The van der Waals surface area contributed by atoms with Gasteiger partial charge >= 0.3 is 0 Å². The molecule has 3 rings (SSSR count). The lowest BCUT2D eigenvalue weighted by Crippen LogP contribution is -2.38. The Morgan fingerprint density at radius 1 is 1.40 bits per heavy atom. The molecule has 1 aliphatic carbocycles. The molecule has 4 nitrogen and oxygen atoms in total. The molecule has 0 spiro atoms. The number of hydrogen-bond donors (Lipinski definition) is 1. The average Bonchev–Trinajstić information content (AvgIpc) is 3.14. The van der Waals surface area contributed by atoms with E-state index in [1.165, 1.54) is 0 Å². The van der Waals surface area contributed by atoms with E-state index in [1.54, 1.807) is 12.1 Å². The monoisotopic (exact) mass is 292 g/mol. The van der Waals surface area contributed by atoms with Crippen LogP contribution in [0.15, 0.2) is 24.3 Å². The maximum absolute atomic E-state index is 12.0. The minimum atomic E-state index is -0.0530. The summed E-state index contributed by atoms with van der Waals surface area (Å²) in [5.74, 6) is 0.114. The van der Waals surface area contributed by atoms with Crippen molar-refractivity contribution in [2.45, 2.75) is 37.8 Å². The molecule has 0 bridgehead atoms. The van der Waals surface area contributed by atoms with E-state index in [2.05, 4.69) is 5.32 Å². The third-order valence-electron chi connectivity index (χ3n) is 3.76. The molecule has 2 amide bonds. The molecule has 1 N–H and O–H groups in total. The summed E-state index contributed by atoms with van der Waals surface area (Å²) in [6.45, 7) is 0.658. The van der Waals surface area contributed by atoms with Crippen molar-refractivity contribution < 1.29 is 9.59 Å². The molecule has 1 aromatic carbocycles. The van der Waals surface area contributed by atoms with Crippen LogP contribution in [0.1, 0.15) is 24.8 Å². The molecular weight excluding hydrogens is 276 g/mol. The third kappa shape index (κ3) is 3.12. The molecular formula is C15H17ClN2O2. The first kappa shape index (κ1) is 13.4. The van der Waals surface area contributed by atoms with E-state index < -0.39 is 0 Å². The summed E-state index contributed by atoms with van der Waals surface area (Å²) >= 11 is 5.90. The minimum Gasteiger partial charge on any atom is -0.351 e. The number of carbonyl (C=O) groups excluding carboxylic acids is 2. The number of hydrogen-bond acceptors (Lipinski definition) is 2. The van der Waals surface area contributed by atoms with Gasteiger partial charge in [0.25, 0.3) is 0 Å². The van der Waals surface area contributed by atoms with Crippen LogP contribution in [-0.2, 0) is 16.0 Å². The van der Waals surface area contributed by atoms with E-state index >= 15 is 0 Å². The normalized spacial score (nSPS) is 22.1. The van der Waals surface area contributed by atoms with Crippen LogP contribution in [0.5, 0.6) is 0 Å². The Labute approximate surface area is 123 Å². The van der Waals surface area contributed by atoms with Gasteiger partial charge in [0, 0.05) is 24.0 Å².